The van der Waals surface area contributed by atoms with E-state index < -0.39 is 6.10 Å². The molecule has 3 rings (SSSR count). The second-order valence-corrected chi connectivity index (χ2v) is 5.98. The van der Waals surface area contributed by atoms with Crippen LogP contribution in [0.2, 0.25) is 0 Å². The Morgan fingerprint density at radius 2 is 1.86 bits per heavy atom. The summed E-state index contributed by atoms with van der Waals surface area (Å²) in [6.07, 6.45) is 3.19. The van der Waals surface area contributed by atoms with Gasteiger partial charge in [0.2, 0.25) is 0 Å². The van der Waals surface area contributed by atoms with Gasteiger partial charge in [-0.3, -0.25) is 4.98 Å². The Labute approximate surface area is 130 Å². The molecule has 1 fully saturated rings. The van der Waals surface area contributed by atoms with Gasteiger partial charge in [-0.1, -0.05) is 12.1 Å². The molecule has 1 aromatic carbocycles. The third-order valence-corrected chi connectivity index (χ3v) is 4.44. The smallest absolute Gasteiger partial charge is 0.123 e. The van der Waals surface area contributed by atoms with Crippen molar-refractivity contribution in [1.82, 2.24) is 4.98 Å². The van der Waals surface area contributed by atoms with Gasteiger partial charge in [0.05, 0.1) is 6.10 Å². The summed E-state index contributed by atoms with van der Waals surface area (Å²) in [5, 5.41) is 10.5. The summed E-state index contributed by atoms with van der Waals surface area (Å²) < 4.78 is 13.0. The fourth-order valence-corrected chi connectivity index (χ4v) is 3.13. The molecule has 2 heterocycles. The molecule has 3 nitrogen and oxygen atoms in total. The minimum Gasteiger partial charge on any atom is -0.388 e. The quantitative estimate of drug-likeness (QED) is 0.943. The number of aryl methyl sites for hydroxylation is 1. The highest BCUT2D eigenvalue weighted by Crippen LogP contribution is 2.32. The van der Waals surface area contributed by atoms with E-state index in [1.54, 1.807) is 12.1 Å². The number of rotatable bonds is 3. The second-order valence-electron chi connectivity index (χ2n) is 5.98. The number of anilines is 1. The summed E-state index contributed by atoms with van der Waals surface area (Å²) in [5.41, 5.74) is 3.02. The fraction of sp³-hybridized carbons (Fsp3) is 0.389. The summed E-state index contributed by atoms with van der Waals surface area (Å²) in [7, 11) is 0. The Kier molecular flexibility index (Phi) is 4.39. The molecule has 116 valence electrons. The van der Waals surface area contributed by atoms with Crippen LogP contribution in [0.25, 0.3) is 0 Å². The van der Waals surface area contributed by atoms with Crippen molar-refractivity contribution in [3.8, 4) is 0 Å². The highest BCUT2D eigenvalue weighted by atomic mass is 19.1. The molecule has 0 bridgehead atoms. The average molecular weight is 300 g/mol. The molecule has 1 aromatic heterocycles. The maximum absolute atomic E-state index is 13.0. The minimum absolute atomic E-state index is 0.227. The second kappa shape index (κ2) is 6.44. The van der Waals surface area contributed by atoms with Crippen molar-refractivity contribution < 1.29 is 9.50 Å². The molecular weight excluding hydrogens is 279 g/mol. The number of hydrogen-bond acceptors (Lipinski definition) is 3. The van der Waals surface area contributed by atoms with Crippen LogP contribution in [0.15, 0.2) is 42.6 Å². The van der Waals surface area contributed by atoms with Gasteiger partial charge in [0, 0.05) is 30.7 Å². The monoisotopic (exact) mass is 300 g/mol. The van der Waals surface area contributed by atoms with Gasteiger partial charge >= 0.3 is 0 Å². The van der Waals surface area contributed by atoms with Crippen molar-refractivity contribution in [1.29, 1.82) is 0 Å². The van der Waals surface area contributed by atoms with Crippen molar-refractivity contribution in [3.63, 3.8) is 0 Å². The van der Waals surface area contributed by atoms with Gasteiger partial charge < -0.3 is 10.0 Å². The SMILES string of the molecule is Cc1cc(N2CCC(C(O)c3ccc(F)cc3)CC2)ccn1. The van der Waals surface area contributed by atoms with Gasteiger partial charge in [-0.25, -0.2) is 4.39 Å². The minimum atomic E-state index is -0.512. The third-order valence-electron chi connectivity index (χ3n) is 4.44. The van der Waals surface area contributed by atoms with Gasteiger partial charge in [0.15, 0.2) is 0 Å². The molecule has 0 amide bonds. The number of piperidine rings is 1. The van der Waals surface area contributed by atoms with Crippen LogP contribution in [0.1, 0.15) is 30.2 Å². The van der Waals surface area contributed by atoms with Crippen LogP contribution < -0.4 is 4.90 Å². The number of halogens is 1. The molecule has 1 saturated heterocycles. The van der Waals surface area contributed by atoms with Gasteiger partial charge in [0.25, 0.3) is 0 Å². The molecule has 2 aromatic rings. The van der Waals surface area contributed by atoms with E-state index in [0.717, 1.165) is 37.2 Å². The molecule has 1 aliphatic rings. The van der Waals surface area contributed by atoms with Crippen LogP contribution in [-0.2, 0) is 0 Å². The van der Waals surface area contributed by atoms with Crippen molar-refractivity contribution in [2.75, 3.05) is 18.0 Å². The Morgan fingerprint density at radius 1 is 1.18 bits per heavy atom. The molecular formula is C18H21FN2O. The number of aliphatic hydroxyl groups is 1. The normalized spacial score (nSPS) is 17.5. The topological polar surface area (TPSA) is 36.4 Å². The number of nitrogens with zero attached hydrogens (tertiary/aromatic N) is 2. The standard InChI is InChI=1S/C18H21FN2O/c1-13-12-17(6-9-20-13)21-10-7-15(8-11-21)18(22)14-2-4-16(19)5-3-14/h2-6,9,12,15,18,22H,7-8,10-11H2,1H3. The van der Waals surface area contributed by atoms with Crippen LogP contribution in [0.4, 0.5) is 10.1 Å². The summed E-state index contributed by atoms with van der Waals surface area (Å²) >= 11 is 0. The lowest BCUT2D eigenvalue weighted by Gasteiger charge is -2.35. The van der Waals surface area contributed by atoms with Crippen LogP contribution >= 0.6 is 0 Å². The zero-order valence-electron chi connectivity index (χ0n) is 12.7. The van der Waals surface area contributed by atoms with E-state index in [0.29, 0.717) is 0 Å². The molecule has 1 atom stereocenters. The van der Waals surface area contributed by atoms with E-state index in [1.165, 1.54) is 17.8 Å². The number of pyridine rings is 1. The molecule has 4 heteroatoms. The van der Waals surface area contributed by atoms with E-state index in [9.17, 15) is 9.50 Å². The van der Waals surface area contributed by atoms with Gasteiger partial charge in [-0.05, 0) is 55.5 Å². The fourth-order valence-electron chi connectivity index (χ4n) is 3.13. The summed E-state index contributed by atoms with van der Waals surface area (Å²) in [4.78, 5) is 6.56. The molecule has 1 unspecified atom stereocenters. The first-order valence-electron chi connectivity index (χ1n) is 7.74. The molecule has 1 N–H and O–H groups in total. The maximum Gasteiger partial charge on any atom is 0.123 e. The highest BCUT2D eigenvalue weighted by Gasteiger charge is 2.26. The Bertz CT molecular complexity index is 621. The lowest BCUT2D eigenvalue weighted by Crippen LogP contribution is -2.35. The first-order valence-corrected chi connectivity index (χ1v) is 7.74. The first-order chi connectivity index (χ1) is 10.6. The predicted octanol–water partition coefficient (Wildman–Crippen LogP) is 3.48. The number of benzene rings is 1. The zero-order chi connectivity index (χ0) is 15.5. The van der Waals surface area contributed by atoms with Crippen molar-refractivity contribution in [2.24, 2.45) is 5.92 Å². The highest BCUT2D eigenvalue weighted by molar-refractivity contribution is 5.46. The largest absolute Gasteiger partial charge is 0.388 e. The summed E-state index contributed by atoms with van der Waals surface area (Å²) in [5.74, 6) is -0.0385. The first kappa shape index (κ1) is 15.0. The molecule has 0 spiro atoms. The lowest BCUT2D eigenvalue weighted by molar-refractivity contribution is 0.0929. The summed E-state index contributed by atoms with van der Waals surface area (Å²) in [6.45, 7) is 3.84. The predicted molar refractivity (Wildman–Crippen MR) is 85.3 cm³/mol. The van der Waals surface area contributed by atoms with Crippen molar-refractivity contribution >= 4 is 5.69 Å². The van der Waals surface area contributed by atoms with Crippen molar-refractivity contribution in [3.05, 3.63) is 59.7 Å². The van der Waals surface area contributed by atoms with Gasteiger partial charge in [0.1, 0.15) is 5.82 Å². The van der Waals surface area contributed by atoms with Gasteiger partial charge in [-0.2, -0.15) is 0 Å². The number of aromatic nitrogens is 1. The third kappa shape index (κ3) is 3.28. The van der Waals surface area contributed by atoms with Crippen LogP contribution in [0.3, 0.4) is 0 Å². The van der Waals surface area contributed by atoms with E-state index in [1.807, 2.05) is 19.2 Å². The molecule has 0 aliphatic carbocycles. The number of hydrogen-bond donors (Lipinski definition) is 1. The van der Waals surface area contributed by atoms with Crippen molar-refractivity contribution in [2.45, 2.75) is 25.9 Å². The van der Waals surface area contributed by atoms with Gasteiger partial charge in [-0.15, -0.1) is 0 Å². The average Bonchev–Trinajstić information content (AvgIpc) is 2.55. The number of aliphatic hydroxyl groups excluding tert-OH is 1. The summed E-state index contributed by atoms with van der Waals surface area (Å²) in [6, 6.07) is 10.3. The Morgan fingerprint density at radius 3 is 2.50 bits per heavy atom. The van der Waals surface area contributed by atoms with E-state index in [2.05, 4.69) is 16.0 Å². The Balaban J connectivity index is 1.62. The molecule has 0 radical (unpaired) electrons. The zero-order valence-corrected chi connectivity index (χ0v) is 12.7. The van der Waals surface area contributed by atoms with Crippen LogP contribution in [-0.4, -0.2) is 23.2 Å². The van der Waals surface area contributed by atoms with Crippen LogP contribution in [0, 0.1) is 18.7 Å². The van der Waals surface area contributed by atoms with E-state index in [-0.39, 0.29) is 11.7 Å². The maximum atomic E-state index is 13.0. The van der Waals surface area contributed by atoms with Crippen LogP contribution in [0.5, 0.6) is 0 Å². The Hall–Kier alpha value is -1.94. The molecule has 22 heavy (non-hydrogen) atoms. The lowest BCUT2D eigenvalue weighted by atomic mass is 9.87. The van der Waals surface area contributed by atoms with E-state index >= 15 is 0 Å². The molecule has 0 saturated carbocycles. The molecule has 1 aliphatic heterocycles. The van der Waals surface area contributed by atoms with E-state index in [4.69, 9.17) is 0 Å².